The molecular weight excluding hydrogens is 553 g/mol. The third-order valence-corrected chi connectivity index (χ3v) is 7.93. The van der Waals surface area contributed by atoms with Crippen LogP contribution in [0.1, 0.15) is 44.0 Å². The van der Waals surface area contributed by atoms with Crippen molar-refractivity contribution < 1.29 is 23.4 Å². The van der Waals surface area contributed by atoms with Crippen LogP contribution in [0.4, 0.5) is 4.39 Å². The zero-order valence-corrected chi connectivity index (χ0v) is 24.7. The van der Waals surface area contributed by atoms with E-state index in [0.29, 0.717) is 26.7 Å². The highest BCUT2D eigenvalue weighted by Gasteiger charge is 2.29. The molecule has 11 nitrogen and oxygen atoms in total. The maximum absolute atomic E-state index is 14.4. The number of amides is 1. The predicted molar refractivity (Wildman–Crippen MR) is 154 cm³/mol. The van der Waals surface area contributed by atoms with Crippen LogP contribution in [0, 0.1) is 12.7 Å². The Balaban J connectivity index is 1.98. The first-order valence-corrected chi connectivity index (χ1v) is 13.9. The second-order valence-corrected chi connectivity index (χ2v) is 10.8. The van der Waals surface area contributed by atoms with Gasteiger partial charge in [-0.05, 0) is 52.0 Å². The molecule has 0 unspecified atom stereocenters. The van der Waals surface area contributed by atoms with E-state index in [0.717, 1.165) is 4.57 Å². The zero-order valence-electron chi connectivity index (χ0n) is 23.8. The number of ether oxygens (including phenoxy) is 3. The van der Waals surface area contributed by atoms with E-state index >= 15 is 0 Å². The normalized spacial score (nSPS) is 13.1. The van der Waals surface area contributed by atoms with Crippen molar-refractivity contribution in [2.45, 2.75) is 52.4 Å². The molecule has 4 aromatic rings. The summed E-state index contributed by atoms with van der Waals surface area (Å²) in [6.45, 7) is 7.17. The molecule has 41 heavy (non-hydrogen) atoms. The average Bonchev–Trinajstić information content (AvgIpc) is 3.58. The first kappa shape index (κ1) is 30.2. The van der Waals surface area contributed by atoms with Crippen molar-refractivity contribution in [1.29, 1.82) is 0 Å². The van der Waals surface area contributed by atoms with Gasteiger partial charge in [0.25, 0.3) is 5.56 Å². The Bertz CT molecular complexity index is 1640. The van der Waals surface area contributed by atoms with E-state index in [1.807, 2.05) is 0 Å². The van der Waals surface area contributed by atoms with Crippen LogP contribution in [0.3, 0.4) is 0 Å². The van der Waals surface area contributed by atoms with Crippen LogP contribution in [0.2, 0.25) is 0 Å². The summed E-state index contributed by atoms with van der Waals surface area (Å²) in [5.41, 5.74) is -0.289. The Hall–Kier alpha value is -3.81. The van der Waals surface area contributed by atoms with Crippen LogP contribution < -0.4 is 21.3 Å². The molecule has 0 spiro atoms. The minimum Gasteiger partial charge on any atom is -0.496 e. The molecular formula is C28H34FN5O6S. The molecule has 1 amide bonds. The highest BCUT2D eigenvalue weighted by molar-refractivity contribution is 7.21. The first-order chi connectivity index (χ1) is 19.6. The van der Waals surface area contributed by atoms with Gasteiger partial charge in [0.1, 0.15) is 33.5 Å². The Morgan fingerprint density at radius 2 is 1.93 bits per heavy atom. The fraction of sp³-hybridized carbons (Fsp3) is 0.429. The molecule has 0 saturated carbocycles. The van der Waals surface area contributed by atoms with Gasteiger partial charge in [-0.25, -0.2) is 18.4 Å². The number of hydrogen-bond donors (Lipinski definition) is 1. The third-order valence-electron chi connectivity index (χ3n) is 6.62. The highest BCUT2D eigenvalue weighted by atomic mass is 32.1. The van der Waals surface area contributed by atoms with Crippen molar-refractivity contribution in [3.05, 3.63) is 74.4 Å². The van der Waals surface area contributed by atoms with Gasteiger partial charge >= 0.3 is 5.69 Å². The summed E-state index contributed by atoms with van der Waals surface area (Å²) in [4.78, 5) is 41.4. The molecule has 1 aromatic carbocycles. The maximum atomic E-state index is 14.4. The lowest BCUT2D eigenvalue weighted by molar-refractivity contribution is -0.124. The van der Waals surface area contributed by atoms with E-state index in [4.69, 9.17) is 14.2 Å². The van der Waals surface area contributed by atoms with E-state index in [1.54, 1.807) is 43.9 Å². The fourth-order valence-electron chi connectivity index (χ4n) is 4.62. The van der Waals surface area contributed by atoms with Gasteiger partial charge in [0, 0.05) is 36.7 Å². The molecule has 220 valence electrons. The number of nitrogens with one attached hydrogen (secondary N) is 1. The maximum Gasteiger partial charge on any atom is 0.332 e. The Morgan fingerprint density at radius 3 is 2.56 bits per heavy atom. The van der Waals surface area contributed by atoms with Gasteiger partial charge in [0.2, 0.25) is 5.91 Å². The van der Waals surface area contributed by atoms with Gasteiger partial charge in [0.05, 0.1) is 32.3 Å². The van der Waals surface area contributed by atoms with Crippen LogP contribution >= 0.6 is 11.3 Å². The summed E-state index contributed by atoms with van der Waals surface area (Å²) in [6.07, 6.45) is 2.49. The van der Waals surface area contributed by atoms with Crippen molar-refractivity contribution in [3.8, 4) is 10.8 Å². The highest BCUT2D eigenvalue weighted by Crippen LogP contribution is 2.34. The number of carbonyl (C=O) groups excluding carboxylic acids is 1. The summed E-state index contributed by atoms with van der Waals surface area (Å²) in [6, 6.07) is 4.51. The lowest BCUT2D eigenvalue weighted by atomic mass is 10.1. The lowest BCUT2D eigenvalue weighted by Gasteiger charge is -2.23. The van der Waals surface area contributed by atoms with Crippen LogP contribution in [-0.2, 0) is 20.8 Å². The van der Waals surface area contributed by atoms with Crippen molar-refractivity contribution in [2.24, 2.45) is 0 Å². The number of nitrogens with zero attached hydrogens (tertiary/aromatic N) is 4. The molecule has 0 saturated heterocycles. The molecule has 1 N–H and O–H groups in total. The third kappa shape index (κ3) is 6.11. The number of halogens is 1. The van der Waals surface area contributed by atoms with Gasteiger partial charge in [-0.1, -0.05) is 11.3 Å². The fourth-order valence-corrected chi connectivity index (χ4v) is 5.87. The van der Waals surface area contributed by atoms with E-state index < -0.39 is 35.1 Å². The molecule has 13 heteroatoms. The molecule has 0 aliphatic heterocycles. The largest absolute Gasteiger partial charge is 0.496 e. The van der Waals surface area contributed by atoms with Gasteiger partial charge in [-0.2, -0.15) is 5.10 Å². The quantitative estimate of drug-likeness (QED) is 0.253. The van der Waals surface area contributed by atoms with Gasteiger partial charge < -0.3 is 19.5 Å². The summed E-state index contributed by atoms with van der Waals surface area (Å²) < 4.78 is 35.1. The molecule has 3 aromatic heterocycles. The topological polar surface area (TPSA) is 119 Å². The smallest absolute Gasteiger partial charge is 0.332 e. The van der Waals surface area contributed by atoms with E-state index in [2.05, 4.69) is 10.4 Å². The Labute approximate surface area is 240 Å². The number of thiophene rings is 1. The van der Waals surface area contributed by atoms with E-state index in [1.165, 1.54) is 55.2 Å². The molecule has 2 atom stereocenters. The number of rotatable bonds is 12. The Kier molecular flexibility index (Phi) is 9.41. The first-order valence-electron chi connectivity index (χ1n) is 13.1. The molecule has 0 aliphatic rings. The lowest BCUT2D eigenvalue weighted by Crippen LogP contribution is -2.47. The van der Waals surface area contributed by atoms with Gasteiger partial charge in [-0.15, -0.1) is 0 Å². The van der Waals surface area contributed by atoms with Crippen LogP contribution in [0.5, 0.6) is 5.75 Å². The van der Waals surface area contributed by atoms with Crippen LogP contribution in [0.25, 0.3) is 15.2 Å². The molecule has 0 aliphatic carbocycles. The number of aryl methyl sites for hydroxylation is 1. The monoisotopic (exact) mass is 587 g/mol. The van der Waals surface area contributed by atoms with Crippen molar-refractivity contribution in [2.75, 3.05) is 27.4 Å². The predicted octanol–water partition coefficient (Wildman–Crippen LogP) is 3.36. The number of aromatic nitrogens is 4. The molecule has 0 fully saturated rings. The minimum atomic E-state index is -1.10. The Morgan fingerprint density at radius 1 is 1.17 bits per heavy atom. The number of methoxy groups -OCH3 is 2. The van der Waals surface area contributed by atoms with Crippen LogP contribution in [-0.4, -0.2) is 58.3 Å². The zero-order chi connectivity index (χ0) is 29.8. The molecule has 4 rings (SSSR count). The number of benzene rings is 1. The number of carbonyl (C=O) groups is 1. The van der Waals surface area contributed by atoms with Crippen LogP contribution in [0.15, 0.2) is 46.2 Å². The molecule has 0 radical (unpaired) electrons. The summed E-state index contributed by atoms with van der Waals surface area (Å²) in [7, 11) is 2.99. The van der Waals surface area contributed by atoms with Crippen molar-refractivity contribution in [1.82, 2.24) is 24.2 Å². The molecule has 0 bridgehead atoms. The number of fused-ring (bicyclic) bond motifs is 1. The number of hydrogen-bond acceptors (Lipinski definition) is 8. The average molecular weight is 588 g/mol. The SMILES string of the molecule is COCCO[C@@H](Cn1c(=O)n([C@H](C)C(=O)NC(C)C)c(=O)c2c(C)c(-n3cccn3)sc21)c1cc(F)ccc1OC. The summed E-state index contributed by atoms with van der Waals surface area (Å²) >= 11 is 1.22. The standard InChI is InChI=1S/C28H34FN5O6S/c1-16(2)31-24(35)18(4)34-25(36)23-17(3)26(33-11-7-10-30-33)41-27(23)32(28(34)37)15-22(40-13-12-38-5)20-14-19(29)8-9-21(20)39-6/h7-11,14,16,18,22H,12-13,15H2,1-6H3,(H,31,35)/t18-,22+/m1/s1. The summed E-state index contributed by atoms with van der Waals surface area (Å²) in [5, 5.41) is 8.01. The minimum absolute atomic E-state index is 0.101. The van der Waals surface area contributed by atoms with Crippen molar-refractivity contribution >= 4 is 27.5 Å². The summed E-state index contributed by atoms with van der Waals surface area (Å²) in [5.74, 6) is -0.601. The van der Waals surface area contributed by atoms with Gasteiger partial charge in [0.15, 0.2) is 0 Å². The second-order valence-electron chi connectivity index (χ2n) is 9.81. The van der Waals surface area contributed by atoms with E-state index in [9.17, 15) is 18.8 Å². The van der Waals surface area contributed by atoms with E-state index in [-0.39, 0.29) is 31.2 Å². The van der Waals surface area contributed by atoms with Crippen molar-refractivity contribution in [3.63, 3.8) is 0 Å². The molecule has 3 heterocycles. The second kappa shape index (κ2) is 12.8. The van der Waals surface area contributed by atoms with Gasteiger partial charge in [-0.3, -0.25) is 14.2 Å².